The van der Waals surface area contributed by atoms with Crippen LogP contribution in [0, 0.1) is 10.1 Å². The Labute approximate surface area is 171 Å². The Morgan fingerprint density at radius 2 is 1.93 bits per heavy atom. The summed E-state index contributed by atoms with van der Waals surface area (Å²) in [7, 11) is 0. The van der Waals surface area contributed by atoms with Gasteiger partial charge in [-0.3, -0.25) is 14.9 Å². The van der Waals surface area contributed by atoms with Crippen molar-refractivity contribution in [3.63, 3.8) is 0 Å². The van der Waals surface area contributed by atoms with Gasteiger partial charge in [0, 0.05) is 44.2 Å². The van der Waals surface area contributed by atoms with Crippen LogP contribution in [0.25, 0.3) is 0 Å². The second kappa shape index (κ2) is 10.8. The molecule has 1 aromatic rings. The summed E-state index contributed by atoms with van der Waals surface area (Å²) in [6, 6.07) is 6.96. The van der Waals surface area contributed by atoms with Gasteiger partial charge in [0.25, 0.3) is 5.69 Å². The topological polar surface area (TPSA) is 99.9 Å². The number of nitrogens with zero attached hydrogens (tertiary/aromatic N) is 3. The van der Waals surface area contributed by atoms with E-state index in [1.54, 1.807) is 12.1 Å². The highest BCUT2D eigenvalue weighted by Gasteiger charge is 2.19. The van der Waals surface area contributed by atoms with Gasteiger partial charge in [-0.25, -0.2) is 4.99 Å². The Morgan fingerprint density at radius 1 is 1.17 bits per heavy atom. The molecule has 1 aromatic carbocycles. The predicted molar refractivity (Wildman–Crippen MR) is 113 cm³/mol. The zero-order valence-corrected chi connectivity index (χ0v) is 16.9. The molecule has 1 saturated carbocycles. The summed E-state index contributed by atoms with van der Waals surface area (Å²) in [5.41, 5.74) is 1.02. The second-order valence-corrected chi connectivity index (χ2v) is 7.83. The van der Waals surface area contributed by atoms with Crippen LogP contribution in [-0.4, -0.2) is 47.4 Å². The SMILES string of the molecule is O=C1CCCN1CCCNC(=NCc1ccc([N+](=O)[O-])cc1)NC1CCCCC1. The fourth-order valence-corrected chi connectivity index (χ4v) is 3.90. The number of aliphatic imine (C=N–C) groups is 1. The van der Waals surface area contributed by atoms with Crippen LogP contribution >= 0.6 is 0 Å². The van der Waals surface area contributed by atoms with Crippen LogP contribution in [0.15, 0.2) is 29.3 Å². The highest BCUT2D eigenvalue weighted by molar-refractivity contribution is 5.80. The standard InChI is InChI=1S/C21H31N5O3/c27-20-8-4-14-25(20)15-5-13-22-21(24-18-6-2-1-3-7-18)23-16-17-9-11-19(12-10-17)26(28)29/h9-12,18H,1-8,13-16H2,(H2,22,23,24). The minimum atomic E-state index is -0.393. The average Bonchev–Trinajstić information content (AvgIpc) is 3.15. The fraction of sp³-hybridized carbons (Fsp3) is 0.619. The van der Waals surface area contributed by atoms with Crippen molar-refractivity contribution in [1.29, 1.82) is 0 Å². The van der Waals surface area contributed by atoms with Crippen LogP contribution in [0.5, 0.6) is 0 Å². The molecule has 3 rings (SSSR count). The van der Waals surface area contributed by atoms with Crippen LogP contribution in [0.1, 0.15) is 56.9 Å². The van der Waals surface area contributed by atoms with Crippen molar-refractivity contribution >= 4 is 17.6 Å². The van der Waals surface area contributed by atoms with Crippen LogP contribution in [0.3, 0.4) is 0 Å². The lowest BCUT2D eigenvalue weighted by Gasteiger charge is -2.25. The van der Waals surface area contributed by atoms with E-state index >= 15 is 0 Å². The molecular formula is C21H31N5O3. The van der Waals surface area contributed by atoms with Gasteiger partial charge >= 0.3 is 0 Å². The molecule has 2 fully saturated rings. The number of hydrogen-bond donors (Lipinski definition) is 2. The maximum Gasteiger partial charge on any atom is 0.269 e. The third-order valence-electron chi connectivity index (χ3n) is 5.58. The maximum atomic E-state index is 11.7. The maximum absolute atomic E-state index is 11.7. The number of benzene rings is 1. The molecule has 1 saturated heterocycles. The summed E-state index contributed by atoms with van der Waals surface area (Å²) in [5, 5.41) is 17.7. The van der Waals surface area contributed by atoms with E-state index in [9.17, 15) is 14.9 Å². The van der Waals surface area contributed by atoms with Crippen molar-refractivity contribution < 1.29 is 9.72 Å². The van der Waals surface area contributed by atoms with Gasteiger partial charge in [0.1, 0.15) is 0 Å². The van der Waals surface area contributed by atoms with Gasteiger partial charge in [-0.1, -0.05) is 31.4 Å². The fourth-order valence-electron chi connectivity index (χ4n) is 3.90. The monoisotopic (exact) mass is 401 g/mol. The Kier molecular flexibility index (Phi) is 7.84. The van der Waals surface area contributed by atoms with Crippen molar-refractivity contribution in [2.24, 2.45) is 4.99 Å². The quantitative estimate of drug-likeness (QED) is 0.229. The number of likely N-dealkylation sites (tertiary alicyclic amines) is 1. The lowest BCUT2D eigenvalue weighted by atomic mass is 9.96. The summed E-state index contributed by atoms with van der Waals surface area (Å²) in [5.74, 6) is 1.04. The molecule has 8 heteroatoms. The van der Waals surface area contributed by atoms with Crippen LogP contribution in [0.2, 0.25) is 0 Å². The molecule has 0 atom stereocenters. The Bertz CT molecular complexity index is 714. The molecule has 1 aliphatic carbocycles. The molecule has 0 spiro atoms. The summed E-state index contributed by atoms with van der Waals surface area (Å²) in [6.45, 7) is 2.87. The first-order valence-corrected chi connectivity index (χ1v) is 10.7. The Morgan fingerprint density at radius 3 is 2.59 bits per heavy atom. The first-order valence-electron chi connectivity index (χ1n) is 10.7. The van der Waals surface area contributed by atoms with Crippen LogP contribution in [0.4, 0.5) is 5.69 Å². The molecule has 1 amide bonds. The zero-order chi connectivity index (χ0) is 20.5. The van der Waals surface area contributed by atoms with Gasteiger partial charge in [0.2, 0.25) is 5.91 Å². The minimum absolute atomic E-state index is 0.0906. The molecule has 8 nitrogen and oxygen atoms in total. The summed E-state index contributed by atoms with van der Waals surface area (Å²) >= 11 is 0. The number of guanidine groups is 1. The summed E-state index contributed by atoms with van der Waals surface area (Å²) < 4.78 is 0. The molecule has 29 heavy (non-hydrogen) atoms. The number of nitro groups is 1. The number of carbonyl (C=O) groups is 1. The predicted octanol–water partition coefficient (Wildman–Crippen LogP) is 2.98. The smallest absolute Gasteiger partial charge is 0.269 e. The first-order chi connectivity index (χ1) is 14.1. The highest BCUT2D eigenvalue weighted by Crippen LogP contribution is 2.17. The number of nitro benzene ring substituents is 1. The lowest BCUT2D eigenvalue weighted by molar-refractivity contribution is -0.384. The number of amides is 1. The van der Waals surface area contributed by atoms with Gasteiger partial charge in [0.05, 0.1) is 11.5 Å². The lowest BCUT2D eigenvalue weighted by Crippen LogP contribution is -2.45. The molecule has 158 valence electrons. The molecule has 1 heterocycles. The molecule has 0 unspecified atom stereocenters. The number of nitrogens with one attached hydrogen (secondary N) is 2. The van der Waals surface area contributed by atoms with Gasteiger partial charge < -0.3 is 15.5 Å². The minimum Gasteiger partial charge on any atom is -0.356 e. The van der Waals surface area contributed by atoms with Gasteiger partial charge in [-0.2, -0.15) is 0 Å². The van der Waals surface area contributed by atoms with E-state index in [0.29, 0.717) is 19.0 Å². The molecular weight excluding hydrogens is 370 g/mol. The van der Waals surface area contributed by atoms with E-state index in [2.05, 4.69) is 10.6 Å². The zero-order valence-electron chi connectivity index (χ0n) is 16.9. The largest absolute Gasteiger partial charge is 0.356 e. The molecule has 0 aromatic heterocycles. The highest BCUT2D eigenvalue weighted by atomic mass is 16.6. The number of carbonyl (C=O) groups excluding carboxylic acids is 1. The summed E-state index contributed by atoms with van der Waals surface area (Å²) in [6.07, 6.45) is 8.62. The third kappa shape index (κ3) is 6.73. The van der Waals surface area contributed by atoms with E-state index < -0.39 is 4.92 Å². The van der Waals surface area contributed by atoms with Crippen molar-refractivity contribution in [2.75, 3.05) is 19.6 Å². The van der Waals surface area contributed by atoms with Crippen LogP contribution in [-0.2, 0) is 11.3 Å². The van der Waals surface area contributed by atoms with Gasteiger partial charge in [-0.05, 0) is 31.2 Å². The van der Waals surface area contributed by atoms with E-state index in [0.717, 1.165) is 56.8 Å². The molecule has 0 bridgehead atoms. The average molecular weight is 402 g/mol. The van der Waals surface area contributed by atoms with Gasteiger partial charge in [-0.15, -0.1) is 0 Å². The van der Waals surface area contributed by atoms with Crippen molar-refractivity contribution in [3.8, 4) is 0 Å². The molecule has 1 aliphatic heterocycles. The Balaban J connectivity index is 1.53. The van der Waals surface area contributed by atoms with E-state index in [4.69, 9.17) is 4.99 Å². The van der Waals surface area contributed by atoms with E-state index in [-0.39, 0.29) is 11.6 Å². The number of non-ortho nitro benzene ring substituents is 1. The number of rotatable bonds is 8. The second-order valence-electron chi connectivity index (χ2n) is 7.83. The van der Waals surface area contributed by atoms with E-state index in [1.807, 2.05) is 4.90 Å². The molecule has 0 radical (unpaired) electrons. The molecule has 2 aliphatic rings. The van der Waals surface area contributed by atoms with Crippen molar-refractivity contribution in [1.82, 2.24) is 15.5 Å². The normalized spacial score (nSPS) is 18.1. The van der Waals surface area contributed by atoms with Crippen molar-refractivity contribution in [2.45, 2.75) is 64.0 Å². The van der Waals surface area contributed by atoms with Gasteiger partial charge in [0.15, 0.2) is 5.96 Å². The van der Waals surface area contributed by atoms with Crippen LogP contribution < -0.4 is 10.6 Å². The molecule has 2 N–H and O–H groups in total. The Hall–Kier alpha value is -2.64. The third-order valence-corrected chi connectivity index (χ3v) is 5.58. The van der Waals surface area contributed by atoms with E-state index in [1.165, 1.54) is 31.4 Å². The number of hydrogen-bond acceptors (Lipinski definition) is 4. The van der Waals surface area contributed by atoms with Crippen molar-refractivity contribution in [3.05, 3.63) is 39.9 Å². The summed E-state index contributed by atoms with van der Waals surface area (Å²) in [4.78, 5) is 28.7. The first kappa shape index (κ1) is 21.1.